The van der Waals surface area contributed by atoms with Crippen LogP contribution in [0.25, 0.3) is 11.6 Å². The molecule has 1 unspecified atom stereocenters. The highest BCUT2D eigenvalue weighted by molar-refractivity contribution is 5.79. The van der Waals surface area contributed by atoms with Gasteiger partial charge in [-0.1, -0.05) is 18.2 Å². The maximum absolute atomic E-state index is 13.0. The molecule has 3 aromatic rings. The quantitative estimate of drug-likeness (QED) is 0.709. The van der Waals surface area contributed by atoms with Crippen molar-refractivity contribution in [2.75, 3.05) is 13.1 Å². The first kappa shape index (κ1) is 17.3. The molecular weight excluding hydrogens is 347 g/mol. The first-order chi connectivity index (χ1) is 13.2. The molecule has 1 aliphatic heterocycles. The average Bonchev–Trinajstić information content (AvgIpc) is 3.21. The van der Waals surface area contributed by atoms with E-state index in [1.54, 1.807) is 18.3 Å². The molecule has 0 saturated carbocycles. The van der Waals surface area contributed by atoms with Crippen LogP contribution < -0.4 is 0 Å². The highest BCUT2D eigenvalue weighted by atomic mass is 19.1. The van der Waals surface area contributed by atoms with Gasteiger partial charge in [-0.25, -0.2) is 4.39 Å². The summed E-state index contributed by atoms with van der Waals surface area (Å²) in [6.45, 7) is 1.25. The Morgan fingerprint density at radius 2 is 2.04 bits per heavy atom. The lowest BCUT2D eigenvalue weighted by Crippen LogP contribution is -2.40. The van der Waals surface area contributed by atoms with Crippen LogP contribution >= 0.6 is 0 Å². The Bertz CT molecular complexity index is 911. The zero-order valence-corrected chi connectivity index (χ0v) is 14.7. The molecule has 1 saturated heterocycles. The summed E-state index contributed by atoms with van der Waals surface area (Å²) in [7, 11) is 0. The minimum atomic E-state index is -0.302. The number of piperidine rings is 1. The Labute approximate surface area is 156 Å². The summed E-state index contributed by atoms with van der Waals surface area (Å²) in [5.74, 6) is 0.663. The van der Waals surface area contributed by atoms with Crippen molar-refractivity contribution in [3.63, 3.8) is 0 Å². The molecule has 0 N–H and O–H groups in total. The molecule has 0 bridgehead atoms. The molecular formula is C20H19FN4O2. The third kappa shape index (κ3) is 4.02. The number of nitrogens with zero attached hydrogens (tertiary/aromatic N) is 4. The lowest BCUT2D eigenvalue weighted by Gasteiger charge is -2.31. The van der Waals surface area contributed by atoms with Gasteiger partial charge in [-0.3, -0.25) is 9.78 Å². The number of hydrogen-bond donors (Lipinski definition) is 0. The van der Waals surface area contributed by atoms with Gasteiger partial charge in [-0.05, 0) is 42.7 Å². The summed E-state index contributed by atoms with van der Waals surface area (Å²) in [6.07, 6.45) is 3.71. The third-order valence-electron chi connectivity index (χ3n) is 4.72. The van der Waals surface area contributed by atoms with Gasteiger partial charge in [0.2, 0.25) is 11.8 Å². The minimum Gasteiger partial charge on any atom is -0.419 e. The van der Waals surface area contributed by atoms with E-state index in [1.807, 2.05) is 23.1 Å². The Balaban J connectivity index is 1.43. The maximum atomic E-state index is 13.0. The largest absolute Gasteiger partial charge is 0.419 e. The Morgan fingerprint density at radius 1 is 1.19 bits per heavy atom. The van der Waals surface area contributed by atoms with E-state index in [9.17, 15) is 9.18 Å². The smallest absolute Gasteiger partial charge is 0.266 e. The summed E-state index contributed by atoms with van der Waals surface area (Å²) >= 11 is 0. The van der Waals surface area contributed by atoms with Crippen LogP contribution in [0.2, 0.25) is 0 Å². The third-order valence-corrected chi connectivity index (χ3v) is 4.72. The lowest BCUT2D eigenvalue weighted by atomic mass is 9.97. The van der Waals surface area contributed by atoms with E-state index in [0.29, 0.717) is 30.6 Å². The van der Waals surface area contributed by atoms with Crippen molar-refractivity contribution in [2.45, 2.75) is 25.2 Å². The highest BCUT2D eigenvalue weighted by Crippen LogP contribution is 2.28. The molecule has 3 heterocycles. The number of halogens is 1. The standard InChI is InChI=1S/C20H19FN4O2/c21-16-8-6-14(7-9-16)12-18(26)25-11-3-4-15(13-25)19-23-24-20(27-19)17-5-1-2-10-22-17/h1-2,5-10,15H,3-4,11-13H2. The summed E-state index contributed by atoms with van der Waals surface area (Å²) in [5, 5.41) is 8.26. The molecule has 1 amide bonds. The number of amides is 1. The monoisotopic (exact) mass is 366 g/mol. The van der Waals surface area contributed by atoms with Gasteiger partial charge in [0, 0.05) is 19.3 Å². The van der Waals surface area contributed by atoms with Gasteiger partial charge in [-0.15, -0.1) is 10.2 Å². The second kappa shape index (κ2) is 7.65. The van der Waals surface area contributed by atoms with Gasteiger partial charge in [0.15, 0.2) is 0 Å². The molecule has 7 heteroatoms. The number of aromatic nitrogens is 3. The van der Waals surface area contributed by atoms with Crippen LogP contribution in [0.3, 0.4) is 0 Å². The van der Waals surface area contributed by atoms with E-state index in [-0.39, 0.29) is 24.1 Å². The molecule has 1 atom stereocenters. The predicted octanol–water partition coefficient (Wildman–Crippen LogP) is 3.22. The summed E-state index contributed by atoms with van der Waals surface area (Å²) in [5.41, 5.74) is 1.44. The van der Waals surface area contributed by atoms with Crippen LogP contribution in [-0.4, -0.2) is 39.1 Å². The van der Waals surface area contributed by atoms with Crippen LogP contribution in [0.1, 0.15) is 30.2 Å². The molecule has 0 radical (unpaired) electrons. The molecule has 2 aromatic heterocycles. The molecule has 6 nitrogen and oxygen atoms in total. The van der Waals surface area contributed by atoms with Crippen molar-refractivity contribution in [2.24, 2.45) is 0 Å². The zero-order valence-electron chi connectivity index (χ0n) is 14.7. The fourth-order valence-corrected chi connectivity index (χ4v) is 3.29. The van der Waals surface area contributed by atoms with Crippen molar-refractivity contribution in [1.82, 2.24) is 20.1 Å². The van der Waals surface area contributed by atoms with Crippen LogP contribution in [0.5, 0.6) is 0 Å². The van der Waals surface area contributed by atoms with Gasteiger partial charge in [0.25, 0.3) is 5.89 Å². The minimum absolute atomic E-state index is 0.0147. The van der Waals surface area contributed by atoms with Gasteiger partial charge >= 0.3 is 0 Å². The molecule has 1 aromatic carbocycles. The number of benzene rings is 1. The van der Waals surface area contributed by atoms with Crippen LogP contribution in [0, 0.1) is 5.82 Å². The normalized spacial score (nSPS) is 17.1. The van der Waals surface area contributed by atoms with Crippen LogP contribution in [0.15, 0.2) is 53.1 Å². The van der Waals surface area contributed by atoms with E-state index in [0.717, 1.165) is 18.4 Å². The lowest BCUT2D eigenvalue weighted by molar-refractivity contribution is -0.131. The second-order valence-corrected chi connectivity index (χ2v) is 6.64. The topological polar surface area (TPSA) is 72.1 Å². The average molecular weight is 366 g/mol. The molecule has 27 heavy (non-hydrogen) atoms. The summed E-state index contributed by atoms with van der Waals surface area (Å²) < 4.78 is 18.8. The SMILES string of the molecule is O=C(Cc1ccc(F)cc1)N1CCCC(c2nnc(-c3ccccn3)o2)C1. The van der Waals surface area contributed by atoms with E-state index in [4.69, 9.17) is 4.42 Å². The number of pyridine rings is 1. The van der Waals surface area contributed by atoms with Crippen LogP contribution in [-0.2, 0) is 11.2 Å². The number of likely N-dealkylation sites (tertiary alicyclic amines) is 1. The first-order valence-electron chi connectivity index (χ1n) is 8.96. The molecule has 1 aliphatic rings. The Hall–Kier alpha value is -3.09. The van der Waals surface area contributed by atoms with Crippen LogP contribution in [0.4, 0.5) is 4.39 Å². The number of carbonyl (C=O) groups excluding carboxylic acids is 1. The van der Waals surface area contributed by atoms with E-state index in [1.165, 1.54) is 12.1 Å². The van der Waals surface area contributed by atoms with Crippen molar-refractivity contribution < 1.29 is 13.6 Å². The van der Waals surface area contributed by atoms with E-state index < -0.39 is 0 Å². The van der Waals surface area contributed by atoms with Gasteiger partial charge < -0.3 is 9.32 Å². The molecule has 0 aliphatic carbocycles. The highest BCUT2D eigenvalue weighted by Gasteiger charge is 2.28. The van der Waals surface area contributed by atoms with E-state index >= 15 is 0 Å². The van der Waals surface area contributed by atoms with Crippen molar-refractivity contribution in [1.29, 1.82) is 0 Å². The fourth-order valence-electron chi connectivity index (χ4n) is 3.29. The number of carbonyl (C=O) groups is 1. The molecule has 1 fully saturated rings. The Morgan fingerprint density at radius 3 is 2.81 bits per heavy atom. The van der Waals surface area contributed by atoms with Gasteiger partial charge in [-0.2, -0.15) is 0 Å². The fraction of sp³-hybridized carbons (Fsp3) is 0.300. The van der Waals surface area contributed by atoms with E-state index in [2.05, 4.69) is 15.2 Å². The van der Waals surface area contributed by atoms with Crippen molar-refractivity contribution in [3.8, 4) is 11.6 Å². The summed E-state index contributed by atoms with van der Waals surface area (Å²) in [4.78, 5) is 18.6. The molecule has 0 spiro atoms. The van der Waals surface area contributed by atoms with Crippen molar-refractivity contribution in [3.05, 3.63) is 65.9 Å². The number of rotatable bonds is 4. The zero-order chi connectivity index (χ0) is 18.6. The van der Waals surface area contributed by atoms with Gasteiger partial charge in [0.05, 0.1) is 12.3 Å². The van der Waals surface area contributed by atoms with Crippen molar-refractivity contribution >= 4 is 5.91 Å². The molecule has 138 valence electrons. The Kier molecular flexibility index (Phi) is 4.91. The maximum Gasteiger partial charge on any atom is 0.266 e. The first-order valence-corrected chi connectivity index (χ1v) is 8.96. The number of hydrogen-bond acceptors (Lipinski definition) is 5. The molecule has 4 rings (SSSR count). The second-order valence-electron chi connectivity index (χ2n) is 6.64. The van der Waals surface area contributed by atoms with Gasteiger partial charge in [0.1, 0.15) is 11.5 Å². The summed E-state index contributed by atoms with van der Waals surface area (Å²) in [6, 6.07) is 11.5. The predicted molar refractivity (Wildman–Crippen MR) is 96.2 cm³/mol.